The molecule has 1 rings (SSSR count). The third kappa shape index (κ3) is 2.94. The van der Waals surface area contributed by atoms with Gasteiger partial charge in [-0.15, -0.1) is 0 Å². The summed E-state index contributed by atoms with van der Waals surface area (Å²) in [5.41, 5.74) is 0.746. The summed E-state index contributed by atoms with van der Waals surface area (Å²) in [6.45, 7) is 0.447. The molecule has 0 unspecified atom stereocenters. The molecule has 0 aromatic heterocycles. The molecule has 1 aromatic carbocycles. The fourth-order valence-electron chi connectivity index (χ4n) is 1.06. The molecule has 0 radical (unpaired) electrons. The van der Waals surface area contributed by atoms with Crippen molar-refractivity contribution in [2.45, 2.75) is 0 Å². The van der Waals surface area contributed by atoms with Crippen molar-refractivity contribution in [1.29, 1.82) is 0 Å². The van der Waals surface area contributed by atoms with E-state index in [4.69, 9.17) is 0 Å². The first-order chi connectivity index (χ1) is 6.11. The van der Waals surface area contributed by atoms with Crippen LogP contribution >= 0.6 is 15.9 Å². The molecule has 70 valence electrons. The van der Waals surface area contributed by atoms with E-state index in [1.165, 1.54) is 0 Å². The van der Waals surface area contributed by atoms with E-state index in [9.17, 15) is 4.79 Å². The van der Waals surface area contributed by atoms with Gasteiger partial charge in [-0.05, 0) is 20.2 Å². The molecule has 0 saturated heterocycles. The molecule has 1 aromatic rings. The van der Waals surface area contributed by atoms with Crippen molar-refractivity contribution in [3.05, 3.63) is 34.3 Å². The van der Waals surface area contributed by atoms with Crippen LogP contribution < -0.4 is 0 Å². The molecule has 0 fully saturated rings. The molecule has 0 aliphatic carbocycles. The minimum atomic E-state index is 0.137. The minimum Gasteiger partial charge on any atom is -0.302 e. The van der Waals surface area contributed by atoms with Crippen molar-refractivity contribution in [2.75, 3.05) is 20.6 Å². The van der Waals surface area contributed by atoms with Crippen LogP contribution in [-0.4, -0.2) is 31.3 Å². The number of hydrogen-bond donors (Lipinski definition) is 0. The van der Waals surface area contributed by atoms with Gasteiger partial charge in [-0.3, -0.25) is 4.79 Å². The van der Waals surface area contributed by atoms with E-state index < -0.39 is 0 Å². The molecular formula is C10H12BrNO. The smallest absolute Gasteiger partial charge is 0.177 e. The molecule has 0 aliphatic heterocycles. The Balaban J connectivity index is 2.83. The van der Waals surface area contributed by atoms with Crippen LogP contribution in [0.3, 0.4) is 0 Å². The summed E-state index contributed by atoms with van der Waals surface area (Å²) in [6, 6.07) is 7.48. The highest BCUT2D eigenvalue weighted by atomic mass is 79.9. The zero-order valence-corrected chi connectivity index (χ0v) is 9.34. The fraction of sp³-hybridized carbons (Fsp3) is 0.300. The summed E-state index contributed by atoms with van der Waals surface area (Å²) >= 11 is 3.35. The normalized spacial score (nSPS) is 10.5. The Labute approximate surface area is 86.7 Å². The van der Waals surface area contributed by atoms with Crippen molar-refractivity contribution in [3.8, 4) is 0 Å². The first kappa shape index (κ1) is 10.4. The van der Waals surface area contributed by atoms with Gasteiger partial charge in [0, 0.05) is 10.0 Å². The first-order valence-corrected chi connectivity index (χ1v) is 4.83. The Morgan fingerprint density at radius 3 is 2.54 bits per heavy atom. The van der Waals surface area contributed by atoms with E-state index >= 15 is 0 Å². The minimum absolute atomic E-state index is 0.137. The molecule has 0 amide bonds. The standard InChI is InChI=1S/C10H12BrNO/c1-12(2)7-10(13)8-5-3-4-6-9(8)11/h3-6H,7H2,1-2H3. The van der Waals surface area contributed by atoms with Gasteiger partial charge in [0.05, 0.1) is 6.54 Å². The SMILES string of the molecule is CN(C)CC(=O)c1ccccc1Br. The predicted molar refractivity (Wildman–Crippen MR) is 57.0 cm³/mol. The van der Waals surface area contributed by atoms with Gasteiger partial charge in [-0.2, -0.15) is 0 Å². The number of carbonyl (C=O) groups is 1. The van der Waals surface area contributed by atoms with Crippen molar-refractivity contribution in [2.24, 2.45) is 0 Å². The summed E-state index contributed by atoms with van der Waals surface area (Å²) in [5, 5.41) is 0. The van der Waals surface area contributed by atoms with Crippen LogP contribution in [-0.2, 0) is 0 Å². The number of ketones is 1. The molecule has 0 aliphatic rings. The summed E-state index contributed by atoms with van der Waals surface area (Å²) in [4.78, 5) is 13.5. The number of benzene rings is 1. The van der Waals surface area contributed by atoms with E-state index in [0.29, 0.717) is 6.54 Å². The molecule has 0 saturated carbocycles. The van der Waals surface area contributed by atoms with Gasteiger partial charge in [0.15, 0.2) is 5.78 Å². The number of carbonyl (C=O) groups excluding carboxylic acids is 1. The lowest BCUT2D eigenvalue weighted by Gasteiger charge is -2.08. The lowest BCUT2D eigenvalue weighted by Crippen LogP contribution is -2.21. The number of nitrogens with zero attached hydrogens (tertiary/aromatic N) is 1. The zero-order valence-electron chi connectivity index (χ0n) is 7.75. The summed E-state index contributed by atoms with van der Waals surface area (Å²) in [6.07, 6.45) is 0. The molecule has 0 heterocycles. The van der Waals surface area contributed by atoms with Gasteiger partial charge >= 0.3 is 0 Å². The van der Waals surface area contributed by atoms with Crippen LogP contribution in [0.25, 0.3) is 0 Å². The highest BCUT2D eigenvalue weighted by Crippen LogP contribution is 2.16. The van der Waals surface area contributed by atoms with Gasteiger partial charge < -0.3 is 4.90 Å². The quantitative estimate of drug-likeness (QED) is 0.757. The zero-order chi connectivity index (χ0) is 9.84. The molecule has 0 N–H and O–H groups in total. The highest BCUT2D eigenvalue weighted by Gasteiger charge is 2.09. The average Bonchev–Trinajstić information content (AvgIpc) is 2.03. The second-order valence-electron chi connectivity index (χ2n) is 3.14. The van der Waals surface area contributed by atoms with Gasteiger partial charge in [-0.25, -0.2) is 0 Å². The molecule has 0 bridgehead atoms. The highest BCUT2D eigenvalue weighted by molar-refractivity contribution is 9.10. The number of rotatable bonds is 3. The molecule has 13 heavy (non-hydrogen) atoms. The molecule has 3 heteroatoms. The summed E-state index contributed by atoms with van der Waals surface area (Å²) in [5.74, 6) is 0.137. The predicted octanol–water partition coefficient (Wildman–Crippen LogP) is 2.19. The average molecular weight is 242 g/mol. The van der Waals surface area contributed by atoms with Crippen LogP contribution in [0.1, 0.15) is 10.4 Å². The van der Waals surface area contributed by atoms with Gasteiger partial charge in [0.1, 0.15) is 0 Å². The molecular weight excluding hydrogens is 230 g/mol. The summed E-state index contributed by atoms with van der Waals surface area (Å²) in [7, 11) is 3.77. The van der Waals surface area contributed by atoms with Crippen LogP contribution in [0, 0.1) is 0 Å². The molecule has 0 spiro atoms. The van der Waals surface area contributed by atoms with Crippen LogP contribution in [0.4, 0.5) is 0 Å². The van der Waals surface area contributed by atoms with Crippen molar-refractivity contribution < 1.29 is 4.79 Å². The monoisotopic (exact) mass is 241 g/mol. The molecule has 2 nitrogen and oxygen atoms in total. The van der Waals surface area contributed by atoms with E-state index in [0.717, 1.165) is 10.0 Å². The maximum atomic E-state index is 11.6. The fourth-order valence-corrected chi connectivity index (χ4v) is 1.57. The van der Waals surface area contributed by atoms with Crippen molar-refractivity contribution in [1.82, 2.24) is 4.90 Å². The van der Waals surface area contributed by atoms with Crippen LogP contribution in [0.5, 0.6) is 0 Å². The third-order valence-electron chi connectivity index (χ3n) is 1.63. The first-order valence-electron chi connectivity index (χ1n) is 4.03. The lowest BCUT2D eigenvalue weighted by atomic mass is 10.1. The van der Waals surface area contributed by atoms with Crippen LogP contribution in [0.15, 0.2) is 28.7 Å². The maximum Gasteiger partial charge on any atom is 0.177 e. The Kier molecular flexibility index (Phi) is 3.63. The Hall–Kier alpha value is -0.670. The van der Waals surface area contributed by atoms with E-state index in [-0.39, 0.29) is 5.78 Å². The van der Waals surface area contributed by atoms with E-state index in [1.807, 2.05) is 43.3 Å². The molecule has 0 atom stereocenters. The number of hydrogen-bond acceptors (Lipinski definition) is 2. The largest absolute Gasteiger partial charge is 0.302 e. The Morgan fingerprint density at radius 2 is 2.00 bits per heavy atom. The van der Waals surface area contributed by atoms with Crippen molar-refractivity contribution >= 4 is 21.7 Å². The number of halogens is 1. The van der Waals surface area contributed by atoms with Crippen molar-refractivity contribution in [3.63, 3.8) is 0 Å². The number of Topliss-reactive ketones (excluding diaryl/α,β-unsaturated/α-hetero) is 1. The Morgan fingerprint density at radius 1 is 1.38 bits per heavy atom. The van der Waals surface area contributed by atoms with Crippen LogP contribution in [0.2, 0.25) is 0 Å². The number of likely N-dealkylation sites (N-methyl/N-ethyl adjacent to an activating group) is 1. The van der Waals surface area contributed by atoms with E-state index in [2.05, 4.69) is 15.9 Å². The topological polar surface area (TPSA) is 20.3 Å². The Bertz CT molecular complexity index is 310. The second kappa shape index (κ2) is 4.53. The van der Waals surface area contributed by atoms with Gasteiger partial charge in [0.25, 0.3) is 0 Å². The van der Waals surface area contributed by atoms with E-state index in [1.54, 1.807) is 0 Å². The summed E-state index contributed by atoms with van der Waals surface area (Å²) < 4.78 is 0.863. The lowest BCUT2D eigenvalue weighted by molar-refractivity contribution is 0.0957. The maximum absolute atomic E-state index is 11.6. The third-order valence-corrected chi connectivity index (χ3v) is 2.33. The van der Waals surface area contributed by atoms with Gasteiger partial charge in [-0.1, -0.05) is 34.1 Å². The van der Waals surface area contributed by atoms with Gasteiger partial charge in [0.2, 0.25) is 0 Å². The second-order valence-corrected chi connectivity index (χ2v) is 4.00.